The first-order chi connectivity index (χ1) is 15.9. The standard InChI is InChI=1S/C23H26F2N6O3/c1-22(2,3)34-21(33)30-9-8-16(23(24,25)13-30)14-11-27-31(12-14)18-10-17(28-29-20(18)26)15-6-4-5-7-19(15)32/h4-7,10-12,16,32H,8-9,13H2,1-3H3,(H2,26,29). The molecule has 0 bridgehead atoms. The summed E-state index contributed by atoms with van der Waals surface area (Å²) < 4.78 is 36.7. The number of anilines is 1. The minimum atomic E-state index is -3.17. The highest BCUT2D eigenvalue weighted by Crippen LogP contribution is 2.41. The average Bonchev–Trinajstić information content (AvgIpc) is 3.22. The molecule has 9 nitrogen and oxygen atoms in total. The third kappa shape index (κ3) is 4.78. The highest BCUT2D eigenvalue weighted by atomic mass is 19.3. The number of halogens is 2. The van der Waals surface area contributed by atoms with Crippen molar-refractivity contribution in [3.05, 3.63) is 48.3 Å². The van der Waals surface area contributed by atoms with Gasteiger partial charge in [0, 0.05) is 18.3 Å². The molecule has 34 heavy (non-hydrogen) atoms. The predicted molar refractivity (Wildman–Crippen MR) is 121 cm³/mol. The number of rotatable bonds is 3. The van der Waals surface area contributed by atoms with Gasteiger partial charge >= 0.3 is 6.09 Å². The Kier molecular flexibility index (Phi) is 5.88. The number of para-hydroxylation sites is 1. The number of carbonyl (C=O) groups is 1. The topological polar surface area (TPSA) is 119 Å². The molecule has 0 radical (unpaired) electrons. The number of alkyl halides is 2. The van der Waals surface area contributed by atoms with Crippen LogP contribution in [-0.2, 0) is 4.74 Å². The normalized spacial score (nSPS) is 18.0. The number of aromatic hydroxyl groups is 1. The average molecular weight is 472 g/mol. The van der Waals surface area contributed by atoms with Gasteiger partial charge in [-0.15, -0.1) is 10.2 Å². The van der Waals surface area contributed by atoms with Crippen molar-refractivity contribution in [2.75, 3.05) is 18.8 Å². The van der Waals surface area contributed by atoms with E-state index in [1.54, 1.807) is 45.0 Å². The molecule has 1 fully saturated rings. The number of hydrogen-bond donors (Lipinski definition) is 2. The van der Waals surface area contributed by atoms with E-state index in [9.17, 15) is 9.90 Å². The monoisotopic (exact) mass is 472 g/mol. The molecule has 1 amide bonds. The zero-order valence-electron chi connectivity index (χ0n) is 19.1. The van der Waals surface area contributed by atoms with Crippen molar-refractivity contribution in [2.45, 2.75) is 44.6 Å². The van der Waals surface area contributed by atoms with Crippen LogP contribution in [0.4, 0.5) is 19.4 Å². The second kappa shape index (κ2) is 8.54. The van der Waals surface area contributed by atoms with Crippen LogP contribution in [-0.4, -0.2) is 60.7 Å². The molecule has 3 heterocycles. The van der Waals surface area contributed by atoms with Crippen LogP contribution in [0.15, 0.2) is 42.7 Å². The molecular weight excluding hydrogens is 446 g/mol. The number of nitrogens with two attached hydrogens (primary N) is 1. The Morgan fingerprint density at radius 1 is 1.26 bits per heavy atom. The number of hydrogen-bond acceptors (Lipinski definition) is 7. The zero-order chi connectivity index (χ0) is 24.7. The summed E-state index contributed by atoms with van der Waals surface area (Å²) in [5.41, 5.74) is 6.67. The molecule has 1 aliphatic rings. The van der Waals surface area contributed by atoms with Crippen LogP contribution in [0, 0.1) is 0 Å². The molecule has 1 aliphatic heterocycles. The van der Waals surface area contributed by atoms with Crippen molar-refractivity contribution in [2.24, 2.45) is 0 Å². The van der Waals surface area contributed by atoms with Crippen LogP contribution >= 0.6 is 0 Å². The molecule has 180 valence electrons. The van der Waals surface area contributed by atoms with E-state index < -0.39 is 30.1 Å². The Labute approximate surface area is 195 Å². The summed E-state index contributed by atoms with van der Waals surface area (Å²) in [5.74, 6) is -4.23. The Bertz CT molecular complexity index is 1210. The Morgan fingerprint density at radius 3 is 2.68 bits per heavy atom. The molecule has 0 aliphatic carbocycles. The van der Waals surface area contributed by atoms with Gasteiger partial charge in [0.05, 0.1) is 24.4 Å². The minimum absolute atomic E-state index is 0.0186. The first-order valence-corrected chi connectivity index (χ1v) is 10.8. The molecule has 2 aromatic heterocycles. The quantitative estimate of drug-likeness (QED) is 0.592. The number of amides is 1. The van der Waals surface area contributed by atoms with Crippen molar-refractivity contribution < 1.29 is 23.4 Å². The summed E-state index contributed by atoms with van der Waals surface area (Å²) in [4.78, 5) is 13.3. The number of phenols is 1. The lowest BCUT2D eigenvalue weighted by Crippen LogP contribution is -2.50. The van der Waals surface area contributed by atoms with Gasteiger partial charge in [0.2, 0.25) is 0 Å². The Hall–Kier alpha value is -3.76. The third-order valence-corrected chi connectivity index (χ3v) is 5.48. The zero-order valence-corrected chi connectivity index (χ0v) is 19.1. The third-order valence-electron chi connectivity index (χ3n) is 5.48. The summed E-state index contributed by atoms with van der Waals surface area (Å²) in [7, 11) is 0. The number of likely N-dealkylation sites (tertiary alicyclic amines) is 1. The first-order valence-electron chi connectivity index (χ1n) is 10.8. The van der Waals surface area contributed by atoms with Gasteiger partial charge in [-0.25, -0.2) is 18.3 Å². The summed E-state index contributed by atoms with van der Waals surface area (Å²) in [6.07, 6.45) is 2.13. The fraction of sp³-hybridized carbons (Fsp3) is 0.391. The number of piperidine rings is 1. The van der Waals surface area contributed by atoms with E-state index >= 15 is 8.78 Å². The van der Waals surface area contributed by atoms with E-state index in [2.05, 4.69) is 15.3 Å². The number of benzene rings is 1. The van der Waals surface area contributed by atoms with Gasteiger partial charge in [-0.05, 0) is 51.0 Å². The van der Waals surface area contributed by atoms with Crippen LogP contribution in [0.5, 0.6) is 5.75 Å². The van der Waals surface area contributed by atoms with E-state index in [1.807, 2.05) is 0 Å². The summed E-state index contributed by atoms with van der Waals surface area (Å²) in [5, 5.41) is 22.3. The number of nitrogen functional groups attached to an aromatic ring is 1. The summed E-state index contributed by atoms with van der Waals surface area (Å²) >= 11 is 0. The number of ether oxygens (including phenoxy) is 1. The van der Waals surface area contributed by atoms with E-state index in [4.69, 9.17) is 10.5 Å². The van der Waals surface area contributed by atoms with Gasteiger partial charge in [0.15, 0.2) is 5.82 Å². The van der Waals surface area contributed by atoms with Gasteiger partial charge in [-0.2, -0.15) is 5.10 Å². The molecular formula is C23H26F2N6O3. The second-order valence-corrected chi connectivity index (χ2v) is 9.24. The summed E-state index contributed by atoms with van der Waals surface area (Å²) in [6, 6.07) is 8.19. The predicted octanol–water partition coefficient (Wildman–Crippen LogP) is 3.98. The van der Waals surface area contributed by atoms with Crippen molar-refractivity contribution in [1.82, 2.24) is 24.9 Å². The van der Waals surface area contributed by atoms with Crippen molar-refractivity contribution in [1.29, 1.82) is 0 Å². The molecule has 3 aromatic rings. The van der Waals surface area contributed by atoms with Crippen LogP contribution in [0.25, 0.3) is 16.9 Å². The van der Waals surface area contributed by atoms with Gasteiger partial charge in [-0.1, -0.05) is 12.1 Å². The number of nitrogens with zero attached hydrogens (tertiary/aromatic N) is 5. The van der Waals surface area contributed by atoms with Gasteiger partial charge in [0.1, 0.15) is 17.0 Å². The van der Waals surface area contributed by atoms with Crippen LogP contribution in [0.1, 0.15) is 38.7 Å². The van der Waals surface area contributed by atoms with E-state index in [0.29, 0.717) is 22.5 Å². The van der Waals surface area contributed by atoms with Gasteiger partial charge in [0.25, 0.3) is 5.92 Å². The highest BCUT2D eigenvalue weighted by Gasteiger charge is 2.47. The van der Waals surface area contributed by atoms with E-state index in [-0.39, 0.29) is 24.5 Å². The largest absolute Gasteiger partial charge is 0.507 e. The molecule has 11 heteroatoms. The van der Waals surface area contributed by atoms with Gasteiger partial charge in [-0.3, -0.25) is 0 Å². The molecule has 0 saturated carbocycles. The van der Waals surface area contributed by atoms with Crippen LogP contribution in [0.3, 0.4) is 0 Å². The lowest BCUT2D eigenvalue weighted by atomic mass is 9.88. The second-order valence-electron chi connectivity index (χ2n) is 9.24. The maximum absolute atomic E-state index is 15.1. The number of aromatic nitrogens is 4. The molecule has 1 atom stereocenters. The minimum Gasteiger partial charge on any atom is -0.507 e. The number of phenolic OH excluding ortho intramolecular Hbond substituents is 1. The fourth-order valence-electron chi connectivity index (χ4n) is 3.88. The first kappa shape index (κ1) is 23.4. The Morgan fingerprint density at radius 2 is 2.00 bits per heavy atom. The molecule has 4 rings (SSSR count). The van der Waals surface area contributed by atoms with Crippen LogP contribution < -0.4 is 5.73 Å². The SMILES string of the molecule is CC(C)(C)OC(=O)N1CCC(c2cnn(-c3cc(-c4ccccc4O)nnc3N)c2)C(F)(F)C1. The lowest BCUT2D eigenvalue weighted by Gasteiger charge is -2.38. The molecule has 1 saturated heterocycles. The molecule has 1 aromatic carbocycles. The number of carbonyl (C=O) groups excluding carboxylic acids is 1. The molecule has 0 spiro atoms. The van der Waals surface area contributed by atoms with Crippen molar-refractivity contribution >= 4 is 11.9 Å². The van der Waals surface area contributed by atoms with E-state index in [0.717, 1.165) is 4.90 Å². The maximum atomic E-state index is 15.1. The highest BCUT2D eigenvalue weighted by molar-refractivity contribution is 5.70. The van der Waals surface area contributed by atoms with E-state index in [1.165, 1.54) is 23.1 Å². The molecule has 1 unspecified atom stereocenters. The van der Waals surface area contributed by atoms with Gasteiger partial charge < -0.3 is 20.5 Å². The fourth-order valence-corrected chi connectivity index (χ4v) is 3.88. The van der Waals surface area contributed by atoms with Crippen molar-refractivity contribution in [3.63, 3.8) is 0 Å². The van der Waals surface area contributed by atoms with Crippen molar-refractivity contribution in [3.8, 4) is 22.7 Å². The lowest BCUT2D eigenvalue weighted by molar-refractivity contribution is -0.0849. The summed E-state index contributed by atoms with van der Waals surface area (Å²) in [6.45, 7) is 4.46. The maximum Gasteiger partial charge on any atom is 0.410 e. The molecule has 3 N–H and O–H groups in total. The Balaban J connectivity index is 1.57. The smallest absolute Gasteiger partial charge is 0.410 e. The van der Waals surface area contributed by atoms with Crippen LogP contribution in [0.2, 0.25) is 0 Å².